The lowest BCUT2D eigenvalue weighted by Gasteiger charge is -2.25. The molecule has 0 heterocycles. The number of hydrogen-bond acceptors (Lipinski definition) is 2. The monoisotopic (exact) mass is 260 g/mol. The van der Waals surface area contributed by atoms with Crippen LogP contribution in [-0.2, 0) is 0 Å². The predicted octanol–water partition coefficient (Wildman–Crippen LogP) is 4.48. The third-order valence-corrected chi connectivity index (χ3v) is 3.98. The van der Waals surface area contributed by atoms with Crippen LogP contribution in [0, 0.1) is 11.8 Å². The first-order valence-electron chi connectivity index (χ1n) is 7.47. The lowest BCUT2D eigenvalue weighted by molar-refractivity contribution is 0.0875. The van der Waals surface area contributed by atoms with Gasteiger partial charge in [-0.3, -0.25) is 4.79 Å². The van der Waals surface area contributed by atoms with Crippen molar-refractivity contribution in [1.29, 1.82) is 0 Å². The van der Waals surface area contributed by atoms with Gasteiger partial charge in [-0.15, -0.1) is 0 Å². The zero-order chi connectivity index (χ0) is 13.7. The number of hydrogen-bond donors (Lipinski definition) is 0. The molecule has 0 saturated heterocycles. The average Bonchev–Trinajstić information content (AvgIpc) is 2.45. The van der Waals surface area contributed by atoms with Crippen molar-refractivity contribution in [3.63, 3.8) is 0 Å². The molecule has 1 aromatic carbocycles. The Balaban J connectivity index is 2.02. The van der Waals surface area contributed by atoms with Gasteiger partial charge in [0.05, 0.1) is 6.61 Å². The first-order chi connectivity index (χ1) is 9.20. The van der Waals surface area contributed by atoms with E-state index in [1.54, 1.807) is 0 Å². The SMILES string of the molecule is CCCOc1cccc(C(=O)C2CCC(C)CC2)c1. The zero-order valence-corrected chi connectivity index (χ0v) is 12.0. The van der Waals surface area contributed by atoms with Crippen molar-refractivity contribution in [3.05, 3.63) is 29.8 Å². The van der Waals surface area contributed by atoms with E-state index in [4.69, 9.17) is 4.74 Å². The van der Waals surface area contributed by atoms with Gasteiger partial charge in [0.2, 0.25) is 0 Å². The van der Waals surface area contributed by atoms with Crippen molar-refractivity contribution >= 4 is 5.78 Å². The summed E-state index contributed by atoms with van der Waals surface area (Å²) >= 11 is 0. The Bertz CT molecular complexity index is 417. The molecule has 0 N–H and O–H groups in total. The molecule has 0 spiro atoms. The highest BCUT2D eigenvalue weighted by Crippen LogP contribution is 2.31. The molecule has 2 rings (SSSR count). The number of rotatable bonds is 5. The average molecular weight is 260 g/mol. The van der Waals surface area contributed by atoms with Gasteiger partial charge in [0, 0.05) is 11.5 Å². The summed E-state index contributed by atoms with van der Waals surface area (Å²) in [7, 11) is 0. The molecule has 1 saturated carbocycles. The number of ketones is 1. The van der Waals surface area contributed by atoms with Gasteiger partial charge in [-0.1, -0.05) is 38.8 Å². The molecule has 19 heavy (non-hydrogen) atoms. The van der Waals surface area contributed by atoms with Crippen molar-refractivity contribution in [3.8, 4) is 5.75 Å². The maximum Gasteiger partial charge on any atom is 0.166 e. The molecule has 1 aromatic rings. The molecule has 1 aliphatic rings. The third kappa shape index (κ3) is 3.82. The highest BCUT2D eigenvalue weighted by molar-refractivity contribution is 5.98. The summed E-state index contributed by atoms with van der Waals surface area (Å²) in [5, 5.41) is 0. The van der Waals surface area contributed by atoms with E-state index in [1.165, 1.54) is 12.8 Å². The largest absolute Gasteiger partial charge is 0.494 e. The molecule has 2 heteroatoms. The van der Waals surface area contributed by atoms with E-state index in [0.29, 0.717) is 12.4 Å². The molecule has 104 valence electrons. The van der Waals surface area contributed by atoms with Crippen molar-refractivity contribution in [2.45, 2.75) is 46.0 Å². The number of Topliss-reactive ketones (excluding diaryl/α,β-unsaturated/α-hetero) is 1. The van der Waals surface area contributed by atoms with Crippen LogP contribution < -0.4 is 4.74 Å². The Labute approximate surface area is 116 Å². The van der Waals surface area contributed by atoms with Gasteiger partial charge in [-0.25, -0.2) is 0 Å². The van der Waals surface area contributed by atoms with E-state index in [2.05, 4.69) is 13.8 Å². The lowest BCUT2D eigenvalue weighted by atomic mass is 9.79. The van der Waals surface area contributed by atoms with Crippen molar-refractivity contribution in [1.82, 2.24) is 0 Å². The second kappa shape index (κ2) is 6.74. The molecule has 0 atom stereocenters. The van der Waals surface area contributed by atoms with Crippen molar-refractivity contribution in [2.24, 2.45) is 11.8 Å². The van der Waals surface area contributed by atoms with Crippen LogP contribution in [0.2, 0.25) is 0 Å². The Morgan fingerprint density at radius 3 is 2.68 bits per heavy atom. The maximum absolute atomic E-state index is 12.5. The van der Waals surface area contributed by atoms with E-state index in [-0.39, 0.29) is 5.92 Å². The van der Waals surface area contributed by atoms with E-state index in [9.17, 15) is 4.79 Å². The van der Waals surface area contributed by atoms with Crippen LogP contribution in [0.5, 0.6) is 5.75 Å². The number of ether oxygens (including phenoxy) is 1. The minimum atomic E-state index is 0.220. The Morgan fingerprint density at radius 2 is 2.00 bits per heavy atom. The van der Waals surface area contributed by atoms with Crippen LogP contribution in [0.4, 0.5) is 0 Å². The summed E-state index contributed by atoms with van der Waals surface area (Å²) in [5.41, 5.74) is 0.813. The van der Waals surface area contributed by atoms with E-state index in [1.807, 2.05) is 24.3 Å². The fourth-order valence-corrected chi connectivity index (χ4v) is 2.72. The van der Waals surface area contributed by atoms with Crippen LogP contribution in [0.25, 0.3) is 0 Å². The lowest BCUT2D eigenvalue weighted by Crippen LogP contribution is -2.21. The summed E-state index contributed by atoms with van der Waals surface area (Å²) in [4.78, 5) is 12.5. The van der Waals surface area contributed by atoms with Gasteiger partial charge in [-0.05, 0) is 37.3 Å². The van der Waals surface area contributed by atoms with Crippen molar-refractivity contribution in [2.75, 3.05) is 6.61 Å². The van der Waals surface area contributed by atoms with Gasteiger partial charge in [0.1, 0.15) is 5.75 Å². The third-order valence-electron chi connectivity index (χ3n) is 3.98. The summed E-state index contributed by atoms with van der Waals surface area (Å²) in [6.45, 7) is 5.07. The van der Waals surface area contributed by atoms with Gasteiger partial charge >= 0.3 is 0 Å². The smallest absolute Gasteiger partial charge is 0.166 e. The molecule has 0 aromatic heterocycles. The second-order valence-electron chi connectivity index (χ2n) is 5.70. The molecule has 0 amide bonds. The van der Waals surface area contributed by atoms with E-state index in [0.717, 1.165) is 36.5 Å². The van der Waals surface area contributed by atoms with Crippen LogP contribution in [0.15, 0.2) is 24.3 Å². The van der Waals surface area contributed by atoms with Gasteiger partial charge in [0.15, 0.2) is 5.78 Å². The highest BCUT2D eigenvalue weighted by atomic mass is 16.5. The van der Waals surface area contributed by atoms with Gasteiger partial charge in [0.25, 0.3) is 0 Å². The molecule has 0 unspecified atom stereocenters. The zero-order valence-electron chi connectivity index (χ0n) is 12.0. The standard InChI is InChI=1S/C17H24O2/c1-3-11-19-16-6-4-5-15(12-16)17(18)14-9-7-13(2)8-10-14/h4-6,12-14H,3,7-11H2,1-2H3. The normalized spacial score (nSPS) is 23.1. The molecule has 2 nitrogen and oxygen atoms in total. The topological polar surface area (TPSA) is 26.3 Å². The van der Waals surface area contributed by atoms with Crippen LogP contribution >= 0.6 is 0 Å². The Hall–Kier alpha value is -1.31. The fraction of sp³-hybridized carbons (Fsp3) is 0.588. The number of benzene rings is 1. The maximum atomic E-state index is 12.5. The summed E-state index contributed by atoms with van der Waals surface area (Å²) in [6.07, 6.45) is 5.43. The highest BCUT2D eigenvalue weighted by Gasteiger charge is 2.25. The molecule has 0 bridgehead atoms. The molecular weight excluding hydrogens is 236 g/mol. The first-order valence-corrected chi connectivity index (χ1v) is 7.47. The molecule has 1 fully saturated rings. The molecule has 0 radical (unpaired) electrons. The minimum absolute atomic E-state index is 0.220. The molecule has 1 aliphatic carbocycles. The second-order valence-corrected chi connectivity index (χ2v) is 5.70. The van der Waals surface area contributed by atoms with Gasteiger partial charge < -0.3 is 4.74 Å². The Morgan fingerprint density at radius 1 is 1.26 bits per heavy atom. The predicted molar refractivity (Wildman–Crippen MR) is 77.7 cm³/mol. The number of carbonyl (C=O) groups excluding carboxylic acids is 1. The minimum Gasteiger partial charge on any atom is -0.494 e. The van der Waals surface area contributed by atoms with E-state index < -0.39 is 0 Å². The van der Waals surface area contributed by atoms with E-state index >= 15 is 0 Å². The van der Waals surface area contributed by atoms with Gasteiger partial charge in [-0.2, -0.15) is 0 Å². The molecular formula is C17H24O2. The quantitative estimate of drug-likeness (QED) is 0.729. The van der Waals surface area contributed by atoms with Crippen molar-refractivity contribution < 1.29 is 9.53 Å². The summed E-state index contributed by atoms with van der Waals surface area (Å²) < 4.78 is 5.60. The fourth-order valence-electron chi connectivity index (χ4n) is 2.72. The number of carbonyl (C=O) groups is 1. The van der Waals surface area contributed by atoms with Crippen LogP contribution in [0.3, 0.4) is 0 Å². The van der Waals surface area contributed by atoms with Crippen LogP contribution in [-0.4, -0.2) is 12.4 Å². The molecule has 0 aliphatic heterocycles. The Kier molecular flexibility index (Phi) is 5.00. The summed E-state index contributed by atoms with van der Waals surface area (Å²) in [6, 6.07) is 7.66. The first kappa shape index (κ1) is 14.1. The van der Waals surface area contributed by atoms with Crippen LogP contribution in [0.1, 0.15) is 56.3 Å². The summed E-state index contributed by atoms with van der Waals surface area (Å²) in [5.74, 6) is 2.12.